The minimum absolute atomic E-state index is 0.116. The Morgan fingerprint density at radius 3 is 2.80 bits per heavy atom. The second-order valence-electron chi connectivity index (χ2n) is 5.32. The number of amides is 1. The zero-order valence-corrected chi connectivity index (χ0v) is 13.7. The average Bonchev–Trinajstić information content (AvgIpc) is 2.55. The number of nitro groups is 1. The molecule has 0 aliphatic carbocycles. The maximum atomic E-state index is 11.7. The molecule has 8 nitrogen and oxygen atoms in total. The van der Waals surface area contributed by atoms with Gasteiger partial charge in [-0.25, -0.2) is 5.43 Å². The lowest BCUT2D eigenvalue weighted by molar-refractivity contribution is -0.385. The van der Waals surface area contributed by atoms with Crippen molar-refractivity contribution in [3.63, 3.8) is 0 Å². The fraction of sp³-hybridized carbons (Fsp3) is 0.176. The fourth-order valence-corrected chi connectivity index (χ4v) is 2.11. The summed E-state index contributed by atoms with van der Waals surface area (Å²) in [4.78, 5) is 21.8. The molecular formula is C17H17N3O5. The third-order valence-corrected chi connectivity index (χ3v) is 3.32. The van der Waals surface area contributed by atoms with E-state index in [9.17, 15) is 20.0 Å². The van der Waals surface area contributed by atoms with Gasteiger partial charge >= 0.3 is 5.69 Å². The largest absolute Gasteiger partial charge is 0.502 e. The molecule has 8 heteroatoms. The van der Waals surface area contributed by atoms with Gasteiger partial charge in [-0.2, -0.15) is 5.10 Å². The third kappa shape index (κ3) is 4.77. The first-order valence-corrected chi connectivity index (χ1v) is 7.37. The van der Waals surface area contributed by atoms with Crippen LogP contribution in [0.3, 0.4) is 0 Å². The Bertz CT molecular complexity index is 833. The van der Waals surface area contributed by atoms with Crippen molar-refractivity contribution < 1.29 is 19.6 Å². The summed E-state index contributed by atoms with van der Waals surface area (Å²) in [6.45, 7) is 3.60. The average molecular weight is 343 g/mol. The molecule has 0 aliphatic heterocycles. The maximum Gasteiger partial charge on any atom is 0.311 e. The monoisotopic (exact) mass is 343 g/mol. The number of phenolic OH excluding ortho intramolecular Hbond substituents is 1. The number of phenols is 1. The van der Waals surface area contributed by atoms with Crippen molar-refractivity contribution >= 4 is 17.8 Å². The molecule has 0 aliphatic rings. The Morgan fingerprint density at radius 1 is 1.36 bits per heavy atom. The van der Waals surface area contributed by atoms with E-state index in [-0.39, 0.29) is 12.2 Å². The molecule has 0 bridgehead atoms. The van der Waals surface area contributed by atoms with Crippen molar-refractivity contribution in [3.8, 4) is 11.5 Å². The molecule has 0 unspecified atom stereocenters. The van der Waals surface area contributed by atoms with Gasteiger partial charge in [0, 0.05) is 11.6 Å². The number of rotatable bonds is 6. The van der Waals surface area contributed by atoms with E-state index in [1.54, 1.807) is 6.07 Å². The molecule has 130 valence electrons. The van der Waals surface area contributed by atoms with Crippen LogP contribution in [0.4, 0.5) is 5.69 Å². The molecule has 0 radical (unpaired) electrons. The van der Waals surface area contributed by atoms with Crippen LogP contribution in [-0.4, -0.2) is 28.8 Å². The number of hydrogen-bond acceptors (Lipinski definition) is 6. The number of aryl methyl sites for hydroxylation is 2. The molecule has 0 atom stereocenters. The summed E-state index contributed by atoms with van der Waals surface area (Å²) in [5.74, 6) is -0.417. The predicted octanol–water partition coefficient (Wildman–Crippen LogP) is 2.45. The fourth-order valence-electron chi connectivity index (χ4n) is 2.11. The summed E-state index contributed by atoms with van der Waals surface area (Å²) in [5, 5.41) is 24.2. The molecule has 0 saturated carbocycles. The van der Waals surface area contributed by atoms with Crippen LogP contribution in [0.5, 0.6) is 11.5 Å². The van der Waals surface area contributed by atoms with E-state index in [0.29, 0.717) is 5.75 Å². The Balaban J connectivity index is 1.93. The van der Waals surface area contributed by atoms with Crippen molar-refractivity contribution in [3.05, 3.63) is 63.2 Å². The molecule has 0 fully saturated rings. The summed E-state index contributed by atoms with van der Waals surface area (Å²) in [5.41, 5.74) is 3.92. The number of benzene rings is 2. The van der Waals surface area contributed by atoms with Crippen molar-refractivity contribution in [2.45, 2.75) is 13.8 Å². The second kappa shape index (κ2) is 7.91. The van der Waals surface area contributed by atoms with Gasteiger partial charge < -0.3 is 9.84 Å². The van der Waals surface area contributed by atoms with Gasteiger partial charge in [0.15, 0.2) is 6.61 Å². The smallest absolute Gasteiger partial charge is 0.311 e. The molecule has 0 aromatic heterocycles. The highest BCUT2D eigenvalue weighted by Gasteiger charge is 2.15. The van der Waals surface area contributed by atoms with E-state index >= 15 is 0 Å². The molecule has 0 saturated heterocycles. The molecule has 0 spiro atoms. The number of nitro benzene ring substituents is 1. The first kappa shape index (κ1) is 17.9. The molecule has 2 aromatic rings. The van der Waals surface area contributed by atoms with Gasteiger partial charge in [0.2, 0.25) is 5.75 Å². The Hall–Kier alpha value is -3.42. The lowest BCUT2D eigenvalue weighted by Gasteiger charge is -2.08. The molecule has 25 heavy (non-hydrogen) atoms. The van der Waals surface area contributed by atoms with E-state index in [1.807, 2.05) is 26.0 Å². The zero-order chi connectivity index (χ0) is 18.4. The van der Waals surface area contributed by atoms with Gasteiger partial charge in [0.25, 0.3) is 5.91 Å². The van der Waals surface area contributed by atoms with E-state index in [1.165, 1.54) is 18.2 Å². The minimum Gasteiger partial charge on any atom is -0.502 e. The number of nitrogens with one attached hydrogen (secondary N) is 1. The van der Waals surface area contributed by atoms with Crippen LogP contribution < -0.4 is 10.2 Å². The predicted molar refractivity (Wildman–Crippen MR) is 91.9 cm³/mol. The highest BCUT2D eigenvalue weighted by molar-refractivity contribution is 5.87. The Labute approximate surface area is 143 Å². The Morgan fingerprint density at radius 2 is 2.12 bits per heavy atom. The first-order valence-electron chi connectivity index (χ1n) is 7.37. The van der Waals surface area contributed by atoms with Crippen LogP contribution in [0.25, 0.3) is 0 Å². The number of nitrogens with zero attached hydrogens (tertiary/aromatic N) is 2. The van der Waals surface area contributed by atoms with Crippen LogP contribution >= 0.6 is 0 Å². The molecule has 2 N–H and O–H groups in total. The van der Waals surface area contributed by atoms with Crippen LogP contribution in [0.2, 0.25) is 0 Å². The number of hydrogen-bond donors (Lipinski definition) is 2. The van der Waals surface area contributed by atoms with Gasteiger partial charge in [0.1, 0.15) is 5.75 Å². The number of hydrazone groups is 1. The molecule has 2 aromatic carbocycles. The van der Waals surface area contributed by atoms with Crippen molar-refractivity contribution in [1.29, 1.82) is 0 Å². The number of para-hydroxylation sites is 1. The van der Waals surface area contributed by atoms with E-state index in [4.69, 9.17) is 4.74 Å². The second-order valence-corrected chi connectivity index (χ2v) is 5.32. The number of aromatic hydroxyl groups is 1. The minimum atomic E-state index is -0.705. The highest BCUT2D eigenvalue weighted by atomic mass is 16.6. The number of ether oxygens (including phenoxy) is 1. The molecule has 1 amide bonds. The van der Waals surface area contributed by atoms with Crippen LogP contribution in [0.1, 0.15) is 16.7 Å². The summed E-state index contributed by atoms with van der Waals surface area (Å²) in [6, 6.07) is 9.61. The van der Waals surface area contributed by atoms with Crippen molar-refractivity contribution in [2.75, 3.05) is 6.61 Å². The van der Waals surface area contributed by atoms with Crippen molar-refractivity contribution in [2.24, 2.45) is 5.10 Å². The SMILES string of the molecule is Cc1ccc(OCC(=O)NN=Cc2cccc([N+](=O)[O-])c2O)c(C)c1. The summed E-state index contributed by atoms with van der Waals surface area (Å²) < 4.78 is 5.41. The normalized spacial score (nSPS) is 10.6. The maximum absolute atomic E-state index is 11.7. The summed E-state index contributed by atoms with van der Waals surface area (Å²) in [6.07, 6.45) is 1.12. The first-order chi connectivity index (χ1) is 11.9. The van der Waals surface area contributed by atoms with E-state index < -0.39 is 22.3 Å². The van der Waals surface area contributed by atoms with Gasteiger partial charge in [0.05, 0.1) is 11.1 Å². The van der Waals surface area contributed by atoms with E-state index in [0.717, 1.165) is 17.3 Å². The van der Waals surface area contributed by atoms with Gasteiger partial charge in [-0.15, -0.1) is 0 Å². The summed E-state index contributed by atoms with van der Waals surface area (Å²) in [7, 11) is 0. The lowest BCUT2D eigenvalue weighted by atomic mass is 10.1. The standard InChI is InChI=1S/C17H17N3O5/c1-11-6-7-15(12(2)8-11)25-10-16(21)19-18-9-13-4-3-5-14(17(13)22)20(23)24/h3-9,22H,10H2,1-2H3,(H,19,21). The van der Waals surface area contributed by atoms with Gasteiger partial charge in [-0.3, -0.25) is 14.9 Å². The van der Waals surface area contributed by atoms with Crippen LogP contribution in [0, 0.1) is 24.0 Å². The molecule has 0 heterocycles. The van der Waals surface area contributed by atoms with Gasteiger partial charge in [-0.05, 0) is 31.5 Å². The highest BCUT2D eigenvalue weighted by Crippen LogP contribution is 2.27. The zero-order valence-electron chi connectivity index (χ0n) is 13.7. The van der Waals surface area contributed by atoms with Crippen LogP contribution in [-0.2, 0) is 4.79 Å². The molecular weight excluding hydrogens is 326 g/mol. The lowest BCUT2D eigenvalue weighted by Crippen LogP contribution is -2.24. The quantitative estimate of drug-likeness (QED) is 0.475. The number of carbonyl (C=O) groups excluding carboxylic acids is 1. The van der Waals surface area contributed by atoms with Crippen molar-refractivity contribution in [1.82, 2.24) is 5.43 Å². The third-order valence-electron chi connectivity index (χ3n) is 3.32. The molecule has 2 rings (SSSR count). The van der Waals surface area contributed by atoms with Gasteiger partial charge in [-0.1, -0.05) is 23.8 Å². The summed E-state index contributed by atoms with van der Waals surface area (Å²) >= 11 is 0. The van der Waals surface area contributed by atoms with Crippen LogP contribution in [0.15, 0.2) is 41.5 Å². The topological polar surface area (TPSA) is 114 Å². The van der Waals surface area contributed by atoms with E-state index in [2.05, 4.69) is 10.5 Å². The number of carbonyl (C=O) groups is 1. The Kier molecular flexibility index (Phi) is 5.67.